The first-order chi connectivity index (χ1) is 19.0. The largest absolute Gasteiger partial charge is 0.481 e. The molecule has 2 rings (SSSR count). The Hall–Kier alpha value is -5.14. The second kappa shape index (κ2) is 15.3. The molecule has 14 nitrogen and oxygen atoms in total. The maximum atomic E-state index is 12.7. The van der Waals surface area contributed by atoms with Crippen molar-refractivity contribution in [2.24, 2.45) is 16.5 Å². The van der Waals surface area contributed by atoms with E-state index in [0.717, 1.165) is 4.90 Å². The summed E-state index contributed by atoms with van der Waals surface area (Å²) in [5.41, 5.74) is 11.8. The Labute approximate surface area is 228 Å². The molecular formula is C26H30N4O10. The number of esters is 1. The Kier molecular flexibility index (Phi) is 11.9. The number of hydrogen-bond acceptors (Lipinski definition) is 8. The number of rotatable bonds is 15. The van der Waals surface area contributed by atoms with Crippen molar-refractivity contribution in [1.29, 1.82) is 0 Å². The Balaban J connectivity index is 1.99. The number of nitrogens with zero attached hydrogens (tertiary/aromatic N) is 2. The number of amides is 1. The van der Waals surface area contributed by atoms with Crippen LogP contribution in [0, 0.1) is 0 Å². The maximum absolute atomic E-state index is 12.7. The highest BCUT2D eigenvalue weighted by atomic mass is 16.6. The van der Waals surface area contributed by atoms with Gasteiger partial charge in [0.2, 0.25) is 0 Å². The van der Waals surface area contributed by atoms with Crippen molar-refractivity contribution in [3.05, 3.63) is 59.7 Å². The minimum absolute atomic E-state index is 0.0844. The summed E-state index contributed by atoms with van der Waals surface area (Å²) in [5, 5.41) is 27.3. The zero-order chi connectivity index (χ0) is 29.7. The zero-order valence-corrected chi connectivity index (χ0v) is 21.4. The normalized spacial score (nSPS) is 11.1. The fraction of sp³-hybridized carbons (Fsp3) is 0.308. The Bertz CT molecular complexity index is 1230. The van der Waals surface area contributed by atoms with Crippen LogP contribution in [-0.2, 0) is 25.7 Å². The molecule has 0 heterocycles. The van der Waals surface area contributed by atoms with Crippen molar-refractivity contribution in [3.63, 3.8) is 0 Å². The van der Waals surface area contributed by atoms with Crippen LogP contribution in [0.25, 0.3) is 0 Å². The molecule has 214 valence electrons. The molecule has 40 heavy (non-hydrogen) atoms. The molecule has 2 aromatic rings. The molecule has 0 saturated heterocycles. The van der Waals surface area contributed by atoms with E-state index in [2.05, 4.69) is 4.99 Å². The fourth-order valence-corrected chi connectivity index (χ4v) is 3.47. The molecule has 1 amide bonds. The summed E-state index contributed by atoms with van der Waals surface area (Å²) in [5.74, 6) is -4.45. The van der Waals surface area contributed by atoms with Crippen LogP contribution in [0.4, 0.5) is 10.5 Å². The van der Waals surface area contributed by atoms with E-state index < -0.39 is 42.4 Å². The van der Waals surface area contributed by atoms with E-state index in [1.54, 1.807) is 12.1 Å². The van der Waals surface area contributed by atoms with Crippen molar-refractivity contribution in [2.75, 3.05) is 6.54 Å². The molecule has 0 radical (unpaired) electrons. The highest BCUT2D eigenvalue weighted by Crippen LogP contribution is 2.18. The molecule has 2 aromatic carbocycles. The highest BCUT2D eigenvalue weighted by Gasteiger charge is 2.32. The summed E-state index contributed by atoms with van der Waals surface area (Å²) in [6.45, 7) is -0.404. The summed E-state index contributed by atoms with van der Waals surface area (Å²) in [6.07, 6.45) is -1.00. The summed E-state index contributed by atoms with van der Waals surface area (Å²) in [7, 11) is 0. The van der Waals surface area contributed by atoms with Crippen molar-refractivity contribution >= 4 is 41.6 Å². The molecule has 0 aliphatic heterocycles. The van der Waals surface area contributed by atoms with Gasteiger partial charge in [0.15, 0.2) is 5.96 Å². The average Bonchev–Trinajstić information content (AvgIpc) is 2.88. The van der Waals surface area contributed by atoms with E-state index in [-0.39, 0.29) is 43.3 Å². The van der Waals surface area contributed by atoms with E-state index in [4.69, 9.17) is 31.2 Å². The number of aliphatic carboxylic acids is 3. The molecule has 1 unspecified atom stereocenters. The number of hydrogen-bond donors (Lipinski definition) is 5. The van der Waals surface area contributed by atoms with Crippen molar-refractivity contribution in [2.45, 2.75) is 44.8 Å². The molecule has 0 spiro atoms. The van der Waals surface area contributed by atoms with Crippen molar-refractivity contribution in [3.8, 4) is 5.75 Å². The molecule has 0 aliphatic rings. The lowest BCUT2D eigenvalue weighted by Crippen LogP contribution is -2.47. The minimum atomic E-state index is -1.67. The standard InChI is InChI=1S/C26H30N4O10/c27-25(28)29-18-9-7-17(8-10-18)24(37)40-19-11-5-16(6-12-19)15-39-26(38)30(13-3-1-2-4-21(31)32)20(23(35)36)14-22(33)34/h5-12,20H,1-4,13-15H2,(H,31,32)(H,33,34)(H,35,36)(H4,27,28,29). The number of carboxylic acids is 3. The van der Waals surface area contributed by atoms with Crippen LogP contribution in [0.5, 0.6) is 5.75 Å². The van der Waals surface area contributed by atoms with Crippen LogP contribution >= 0.6 is 0 Å². The topological polar surface area (TPSA) is 232 Å². The van der Waals surface area contributed by atoms with Gasteiger partial charge in [0.1, 0.15) is 18.4 Å². The van der Waals surface area contributed by atoms with Gasteiger partial charge in [-0.3, -0.25) is 14.5 Å². The third-order valence-corrected chi connectivity index (χ3v) is 5.41. The highest BCUT2D eigenvalue weighted by molar-refractivity contribution is 5.91. The van der Waals surface area contributed by atoms with Crippen LogP contribution in [0.1, 0.15) is 48.0 Å². The number of ether oxygens (including phenoxy) is 2. The molecular weight excluding hydrogens is 528 g/mol. The SMILES string of the molecule is NC(N)=Nc1ccc(C(=O)Oc2ccc(COC(=O)N(CCCCCC(=O)O)C(CC(=O)O)C(=O)O)cc2)cc1. The number of carboxylic acid groups (broad SMARTS) is 3. The number of carbonyl (C=O) groups is 5. The van der Waals surface area contributed by atoms with Gasteiger partial charge in [-0.15, -0.1) is 0 Å². The minimum Gasteiger partial charge on any atom is -0.481 e. The second-order valence-electron chi connectivity index (χ2n) is 8.52. The summed E-state index contributed by atoms with van der Waals surface area (Å²) < 4.78 is 10.5. The number of benzene rings is 2. The van der Waals surface area contributed by atoms with Gasteiger partial charge in [0.05, 0.1) is 17.7 Å². The number of unbranched alkanes of at least 4 members (excludes halogenated alkanes) is 2. The van der Waals surface area contributed by atoms with E-state index in [0.29, 0.717) is 24.1 Å². The smallest absolute Gasteiger partial charge is 0.410 e. The molecule has 0 bridgehead atoms. The van der Waals surface area contributed by atoms with Gasteiger partial charge < -0.3 is 36.3 Å². The van der Waals surface area contributed by atoms with Gasteiger partial charge in [-0.25, -0.2) is 19.4 Å². The average molecular weight is 559 g/mol. The maximum Gasteiger partial charge on any atom is 0.410 e. The van der Waals surface area contributed by atoms with Gasteiger partial charge in [-0.2, -0.15) is 0 Å². The van der Waals surface area contributed by atoms with Crippen molar-refractivity contribution < 1.29 is 48.8 Å². The van der Waals surface area contributed by atoms with E-state index >= 15 is 0 Å². The second-order valence-corrected chi connectivity index (χ2v) is 8.52. The zero-order valence-electron chi connectivity index (χ0n) is 21.4. The van der Waals surface area contributed by atoms with E-state index in [1.807, 2.05) is 0 Å². The number of guanidine groups is 1. The first-order valence-electron chi connectivity index (χ1n) is 12.1. The molecule has 0 saturated carbocycles. The first kappa shape index (κ1) is 31.1. The third-order valence-electron chi connectivity index (χ3n) is 5.41. The first-order valence-corrected chi connectivity index (χ1v) is 12.1. The van der Waals surface area contributed by atoms with Gasteiger partial charge in [-0.1, -0.05) is 18.6 Å². The molecule has 14 heteroatoms. The quantitative estimate of drug-likeness (QED) is 0.0696. The lowest BCUT2D eigenvalue weighted by Gasteiger charge is -2.27. The van der Waals surface area contributed by atoms with E-state index in [9.17, 15) is 29.1 Å². The number of nitrogens with two attached hydrogens (primary N) is 2. The Morgan fingerprint density at radius 1 is 0.850 bits per heavy atom. The van der Waals surface area contributed by atoms with Crippen LogP contribution in [0.3, 0.4) is 0 Å². The number of aliphatic imine (C=N–C) groups is 1. The van der Waals surface area contributed by atoms with E-state index in [1.165, 1.54) is 36.4 Å². The molecule has 0 aromatic heterocycles. The fourth-order valence-electron chi connectivity index (χ4n) is 3.47. The number of carbonyl (C=O) groups excluding carboxylic acids is 2. The summed E-state index contributed by atoms with van der Waals surface area (Å²) in [4.78, 5) is 63.3. The van der Waals surface area contributed by atoms with Crippen LogP contribution in [0.15, 0.2) is 53.5 Å². The Morgan fingerprint density at radius 2 is 1.50 bits per heavy atom. The van der Waals surface area contributed by atoms with Gasteiger partial charge in [-0.05, 0) is 54.8 Å². The summed E-state index contributed by atoms with van der Waals surface area (Å²) in [6, 6.07) is 10.4. The lowest BCUT2D eigenvalue weighted by molar-refractivity contribution is -0.149. The van der Waals surface area contributed by atoms with Gasteiger partial charge in [0.25, 0.3) is 0 Å². The summed E-state index contributed by atoms with van der Waals surface area (Å²) >= 11 is 0. The lowest BCUT2D eigenvalue weighted by atomic mass is 10.1. The van der Waals surface area contributed by atoms with Crippen molar-refractivity contribution in [1.82, 2.24) is 4.90 Å². The van der Waals surface area contributed by atoms with Crippen LogP contribution in [-0.4, -0.2) is 68.7 Å². The van der Waals surface area contributed by atoms with Gasteiger partial charge in [0, 0.05) is 13.0 Å². The predicted octanol–water partition coefficient (Wildman–Crippen LogP) is 2.32. The van der Waals surface area contributed by atoms with Gasteiger partial charge >= 0.3 is 30.0 Å². The molecule has 7 N–H and O–H groups in total. The third kappa shape index (κ3) is 10.7. The molecule has 0 aliphatic carbocycles. The molecule has 1 atom stereocenters. The predicted molar refractivity (Wildman–Crippen MR) is 140 cm³/mol. The molecule has 0 fully saturated rings. The monoisotopic (exact) mass is 558 g/mol. The van der Waals surface area contributed by atoms with Crippen LogP contribution in [0.2, 0.25) is 0 Å². The Morgan fingerprint density at radius 3 is 2.05 bits per heavy atom. The van der Waals surface area contributed by atoms with Crippen LogP contribution < -0.4 is 16.2 Å².